The second-order valence-electron chi connectivity index (χ2n) is 0.805. The lowest BCUT2D eigenvalue weighted by Crippen LogP contribution is -1.93. The fourth-order valence-corrected chi connectivity index (χ4v) is 0.161. The van der Waals surface area contributed by atoms with Crippen LogP contribution in [-0.4, -0.2) is 5.23 Å². The smallest absolute Gasteiger partial charge is 0.00477 e. The molecule has 0 heterocycles. The summed E-state index contributed by atoms with van der Waals surface area (Å²) in [6, 6.07) is 0. The molecule has 0 bridgehead atoms. The van der Waals surface area contributed by atoms with Gasteiger partial charge in [0.2, 0.25) is 0 Å². The summed E-state index contributed by atoms with van der Waals surface area (Å²) >= 11 is 0. The molecule has 0 aliphatic heterocycles. The minimum Gasteiger partial charge on any atom is -0.168 e. The third-order valence-electron chi connectivity index (χ3n) is 0.360. The first kappa shape index (κ1) is 11.9. The Bertz CT molecular complexity index is 189. The molecular weight excluding hydrogens is 171 g/mol. The Morgan fingerprint density at radius 1 is 0.818 bits per heavy atom. The lowest BCUT2D eigenvalue weighted by molar-refractivity contribution is 0.304. The molecule has 0 aliphatic rings. The molecular formula is H3N10P. The number of azide groups is 1. The zero-order valence-corrected chi connectivity index (χ0v) is 6.59. The van der Waals surface area contributed by atoms with Gasteiger partial charge < -0.3 is 0 Å². The summed E-state index contributed by atoms with van der Waals surface area (Å²) in [6.07, 6.45) is 0. The highest BCUT2D eigenvalue weighted by Gasteiger charge is 1.85. The second kappa shape index (κ2) is 8.16. The van der Waals surface area contributed by atoms with Gasteiger partial charge in [-0.1, -0.05) is 5.23 Å². The predicted molar refractivity (Wildman–Crippen MR) is 40.4 cm³/mol. The monoisotopic (exact) mass is 174 g/mol. The van der Waals surface area contributed by atoms with E-state index in [0.29, 0.717) is 0 Å². The molecule has 11 heavy (non-hydrogen) atoms. The van der Waals surface area contributed by atoms with Crippen molar-refractivity contribution >= 4 is 9.90 Å². The lowest BCUT2D eigenvalue weighted by Gasteiger charge is -1.94. The quantitative estimate of drug-likeness (QED) is 0.207. The van der Waals surface area contributed by atoms with Crippen LogP contribution in [0.1, 0.15) is 0 Å². The van der Waals surface area contributed by atoms with Crippen molar-refractivity contribution in [2.75, 3.05) is 0 Å². The molecule has 0 aromatic carbocycles. The predicted octanol–water partition coefficient (Wildman–Crippen LogP) is 2.02. The lowest BCUT2D eigenvalue weighted by atomic mass is 12.1. The van der Waals surface area contributed by atoms with Crippen LogP contribution in [0.2, 0.25) is 0 Å². The maximum atomic E-state index is 7.74. The van der Waals surface area contributed by atoms with E-state index in [-0.39, 0.29) is 15.1 Å². The second-order valence-corrected chi connectivity index (χ2v) is 0.805. The highest BCUT2D eigenvalue weighted by Crippen LogP contribution is 1.91. The fraction of sp³-hybridized carbons (Fsp3) is 0. The molecule has 0 saturated heterocycles. The zero-order valence-electron chi connectivity index (χ0n) is 5.18. The van der Waals surface area contributed by atoms with Crippen LogP contribution in [0.25, 0.3) is 31.3 Å². The molecule has 0 aromatic rings. The molecule has 0 spiro atoms. The Balaban J connectivity index is 0. The largest absolute Gasteiger partial charge is 0.168 e. The third-order valence-corrected chi connectivity index (χ3v) is 0.360. The molecule has 0 N–H and O–H groups in total. The van der Waals surface area contributed by atoms with Crippen molar-refractivity contribution in [1.82, 2.24) is 5.23 Å². The van der Waals surface area contributed by atoms with Gasteiger partial charge in [-0.15, -0.1) is 16.6 Å². The van der Waals surface area contributed by atoms with E-state index in [9.17, 15) is 0 Å². The van der Waals surface area contributed by atoms with E-state index in [0.717, 1.165) is 0 Å². The molecule has 58 valence electrons. The van der Waals surface area contributed by atoms with E-state index in [1.54, 1.807) is 0 Å². The van der Waals surface area contributed by atoms with Crippen molar-refractivity contribution in [3.8, 4) is 0 Å². The average Bonchev–Trinajstić information content (AvgIpc) is 1.90. The van der Waals surface area contributed by atoms with Gasteiger partial charge in [-0.2, -0.15) is 24.6 Å². The summed E-state index contributed by atoms with van der Waals surface area (Å²) in [5, 5.41) is 8.20. The highest BCUT2D eigenvalue weighted by molar-refractivity contribution is 6.92. The van der Waals surface area contributed by atoms with Gasteiger partial charge in [-0.3, -0.25) is 0 Å². The first-order valence-corrected chi connectivity index (χ1v) is 1.80. The minimum absolute atomic E-state index is 0. The van der Waals surface area contributed by atoms with Gasteiger partial charge in [0, 0.05) is 15.7 Å². The molecule has 0 rings (SSSR count). The van der Waals surface area contributed by atoms with Crippen LogP contribution in [0.5, 0.6) is 0 Å². The van der Waals surface area contributed by atoms with Gasteiger partial charge in [0.25, 0.3) is 0 Å². The molecule has 1 unspecified atom stereocenters. The molecule has 10 nitrogen and oxygen atoms in total. The summed E-state index contributed by atoms with van der Waals surface area (Å²) in [6.45, 7) is 0. The zero-order chi connectivity index (χ0) is 7.82. The van der Waals surface area contributed by atoms with Gasteiger partial charge in [0.1, 0.15) is 0 Å². The fourth-order valence-electron chi connectivity index (χ4n) is 0.161. The van der Waals surface area contributed by atoms with Crippen molar-refractivity contribution in [2.45, 2.75) is 0 Å². The standard InChI is InChI=1S/N10.H3P/c1-4-7-10(8-5-2)9-6-3;/h;1H3. The van der Waals surface area contributed by atoms with Gasteiger partial charge in [-0.25, -0.2) is 0 Å². The number of hydrogen-bond acceptors (Lipinski definition) is 3. The maximum Gasteiger partial charge on any atom is 0.00477 e. The Morgan fingerprint density at radius 2 is 1.09 bits per heavy atom. The molecule has 0 amide bonds. The molecule has 0 aliphatic carbocycles. The minimum atomic E-state index is 0. The third kappa shape index (κ3) is 6.04. The Labute approximate surface area is 63.2 Å². The van der Waals surface area contributed by atoms with Crippen molar-refractivity contribution in [3.05, 3.63) is 31.3 Å². The van der Waals surface area contributed by atoms with Crippen molar-refractivity contribution in [2.24, 2.45) is 15.7 Å². The van der Waals surface area contributed by atoms with E-state index in [1.807, 2.05) is 0 Å². The van der Waals surface area contributed by atoms with Gasteiger partial charge in [0.15, 0.2) is 0 Å². The van der Waals surface area contributed by atoms with Crippen molar-refractivity contribution in [1.29, 1.82) is 0 Å². The molecule has 0 aromatic heterocycles. The number of rotatable bonds is 3. The Morgan fingerprint density at radius 3 is 1.27 bits per heavy atom. The van der Waals surface area contributed by atoms with Crippen molar-refractivity contribution < 1.29 is 0 Å². The van der Waals surface area contributed by atoms with Gasteiger partial charge in [-0.05, 0) is 0 Å². The van der Waals surface area contributed by atoms with E-state index in [2.05, 4.69) is 30.4 Å². The number of nitrogens with zero attached hydrogens (tertiary/aromatic N) is 10. The highest BCUT2D eigenvalue weighted by atomic mass is 31.0. The summed E-state index contributed by atoms with van der Waals surface area (Å²) in [4.78, 5) is 6.58. The van der Waals surface area contributed by atoms with Crippen LogP contribution >= 0.6 is 9.90 Å². The summed E-state index contributed by atoms with van der Waals surface area (Å²) in [5.74, 6) is 0. The Kier molecular flexibility index (Phi) is 8.83. The van der Waals surface area contributed by atoms with Crippen LogP contribution in [0.15, 0.2) is 15.7 Å². The summed E-state index contributed by atoms with van der Waals surface area (Å²) < 4.78 is 0. The first-order valence-electron chi connectivity index (χ1n) is 1.80. The first-order chi connectivity index (χ1) is 4.85. The van der Waals surface area contributed by atoms with Crippen LogP contribution in [0.3, 0.4) is 0 Å². The van der Waals surface area contributed by atoms with E-state index in [4.69, 9.17) is 16.6 Å². The molecule has 11 heteroatoms. The average molecular weight is 174 g/mol. The molecule has 0 radical (unpaired) electrons. The Hall–Kier alpha value is -1.84. The van der Waals surface area contributed by atoms with Gasteiger partial charge >= 0.3 is 0 Å². The van der Waals surface area contributed by atoms with E-state index in [1.165, 1.54) is 0 Å². The SMILES string of the molecule is P.[N-]=[N+]=NN(N=[N+]=[N-])N=[N+]=[N-]. The van der Waals surface area contributed by atoms with Crippen LogP contribution < -0.4 is 0 Å². The molecule has 0 saturated carbocycles. The van der Waals surface area contributed by atoms with Crippen LogP contribution in [0, 0.1) is 0 Å². The van der Waals surface area contributed by atoms with Crippen LogP contribution in [-0.2, 0) is 0 Å². The summed E-state index contributed by atoms with van der Waals surface area (Å²) in [5.41, 5.74) is 23.2. The molecule has 0 fully saturated rings. The molecule has 1 atom stereocenters. The summed E-state index contributed by atoms with van der Waals surface area (Å²) in [7, 11) is 0. The van der Waals surface area contributed by atoms with E-state index >= 15 is 0 Å². The maximum absolute atomic E-state index is 7.74. The van der Waals surface area contributed by atoms with Crippen molar-refractivity contribution in [3.63, 3.8) is 0 Å². The van der Waals surface area contributed by atoms with Crippen LogP contribution in [0.4, 0.5) is 0 Å². The van der Waals surface area contributed by atoms with Gasteiger partial charge in [0.05, 0.1) is 0 Å². The number of hydrogen-bond donors (Lipinski definition) is 0. The normalized spacial score (nSPS) is 5.45. The topological polar surface area (TPSA) is 150 Å². The van der Waals surface area contributed by atoms with E-state index < -0.39 is 0 Å².